The zero-order valence-corrected chi connectivity index (χ0v) is 19.5. The number of hydrogen-bond acceptors (Lipinski definition) is 5. The fraction of sp³-hybridized carbons (Fsp3) is 0.238. The van der Waals surface area contributed by atoms with Crippen LogP contribution in [0.5, 0.6) is 5.75 Å². The molecule has 0 fully saturated rings. The summed E-state index contributed by atoms with van der Waals surface area (Å²) in [5.74, 6) is 0.575. The van der Waals surface area contributed by atoms with Crippen molar-refractivity contribution in [2.45, 2.75) is 33.1 Å². The molecule has 29 heavy (non-hydrogen) atoms. The predicted molar refractivity (Wildman–Crippen MR) is 121 cm³/mol. The second-order valence-corrected chi connectivity index (χ2v) is 9.26. The molecule has 6 nitrogen and oxygen atoms in total. The highest BCUT2D eigenvalue weighted by Gasteiger charge is 2.22. The molecular formula is C21H19Br2N3O3. The Hall–Kier alpha value is -2.32. The Morgan fingerprint density at radius 2 is 1.90 bits per heavy atom. The molecule has 0 unspecified atom stereocenters. The van der Waals surface area contributed by atoms with Crippen LogP contribution in [0.25, 0.3) is 10.9 Å². The first-order valence-corrected chi connectivity index (χ1v) is 10.4. The maximum atomic E-state index is 13.1. The Labute approximate surface area is 184 Å². The lowest BCUT2D eigenvalue weighted by Crippen LogP contribution is -2.29. The zero-order chi connectivity index (χ0) is 21.3. The van der Waals surface area contributed by atoms with E-state index < -0.39 is 11.4 Å². The van der Waals surface area contributed by atoms with Crippen molar-refractivity contribution in [2.24, 2.45) is 5.10 Å². The van der Waals surface area contributed by atoms with Crippen molar-refractivity contribution in [3.63, 3.8) is 0 Å². The first-order valence-electron chi connectivity index (χ1n) is 8.81. The number of ether oxygens (including phenoxy) is 1. The van der Waals surface area contributed by atoms with E-state index in [0.29, 0.717) is 26.9 Å². The number of rotatable bonds is 3. The molecule has 0 N–H and O–H groups in total. The van der Waals surface area contributed by atoms with Gasteiger partial charge in [0.05, 0.1) is 21.6 Å². The summed E-state index contributed by atoms with van der Waals surface area (Å²) in [6, 6.07) is 10.6. The lowest BCUT2D eigenvalue weighted by Gasteiger charge is -2.20. The van der Waals surface area contributed by atoms with Gasteiger partial charge in [0.25, 0.3) is 5.56 Å². The van der Waals surface area contributed by atoms with Crippen LogP contribution in [0.15, 0.2) is 55.2 Å². The van der Waals surface area contributed by atoms with Crippen LogP contribution in [0.1, 0.15) is 39.1 Å². The Morgan fingerprint density at radius 3 is 2.52 bits per heavy atom. The summed E-state index contributed by atoms with van der Waals surface area (Å²) in [5, 5.41) is 4.91. The highest BCUT2D eigenvalue weighted by molar-refractivity contribution is 9.10. The van der Waals surface area contributed by atoms with E-state index in [4.69, 9.17) is 4.74 Å². The largest absolute Gasteiger partial charge is 0.426 e. The third-order valence-electron chi connectivity index (χ3n) is 4.01. The highest BCUT2D eigenvalue weighted by atomic mass is 79.9. The summed E-state index contributed by atoms with van der Waals surface area (Å²) >= 11 is 6.78. The zero-order valence-electron chi connectivity index (χ0n) is 16.4. The molecule has 0 aliphatic heterocycles. The van der Waals surface area contributed by atoms with Crippen molar-refractivity contribution >= 4 is 54.9 Å². The van der Waals surface area contributed by atoms with Gasteiger partial charge in [-0.25, -0.2) is 4.98 Å². The molecule has 3 aromatic rings. The molecule has 0 radical (unpaired) electrons. The van der Waals surface area contributed by atoms with Crippen LogP contribution in [-0.4, -0.2) is 21.8 Å². The second kappa shape index (κ2) is 8.20. The number of carbonyl (C=O) groups is 1. The predicted octanol–water partition coefficient (Wildman–Crippen LogP) is 5.03. The van der Waals surface area contributed by atoms with Crippen LogP contribution in [0.4, 0.5) is 0 Å². The number of nitrogens with zero attached hydrogens (tertiary/aromatic N) is 3. The molecule has 0 aliphatic carbocycles. The molecule has 0 spiro atoms. The summed E-state index contributed by atoms with van der Waals surface area (Å²) in [6.45, 7) is 7.29. The Bertz CT molecular complexity index is 1190. The van der Waals surface area contributed by atoms with Crippen molar-refractivity contribution < 1.29 is 9.53 Å². The van der Waals surface area contributed by atoms with Gasteiger partial charge in [-0.2, -0.15) is 9.78 Å². The van der Waals surface area contributed by atoms with Gasteiger partial charge in [-0.1, -0.05) is 36.7 Å². The molecule has 0 saturated heterocycles. The van der Waals surface area contributed by atoms with Crippen LogP contribution in [0.3, 0.4) is 0 Å². The minimum Gasteiger partial charge on any atom is -0.426 e. The van der Waals surface area contributed by atoms with Crippen LogP contribution >= 0.6 is 31.9 Å². The number of carbonyl (C=O) groups excluding carboxylic acids is 1. The van der Waals surface area contributed by atoms with Gasteiger partial charge in [0.1, 0.15) is 11.6 Å². The SMILES string of the molecule is CC(=O)Oc1ccc(C=Nn2c(C(C)(C)C)nc3ccc(Br)cc3c2=O)cc1Br. The lowest BCUT2D eigenvalue weighted by molar-refractivity contribution is -0.131. The summed E-state index contributed by atoms with van der Waals surface area (Å²) in [7, 11) is 0. The molecule has 1 aromatic heterocycles. The molecule has 0 amide bonds. The summed E-state index contributed by atoms with van der Waals surface area (Å²) < 4.78 is 7.85. The molecule has 0 saturated carbocycles. The van der Waals surface area contributed by atoms with E-state index in [1.54, 1.807) is 30.5 Å². The second-order valence-electron chi connectivity index (χ2n) is 7.49. The van der Waals surface area contributed by atoms with Crippen LogP contribution in [-0.2, 0) is 10.2 Å². The lowest BCUT2D eigenvalue weighted by atomic mass is 9.95. The Kier molecular flexibility index (Phi) is 6.05. The van der Waals surface area contributed by atoms with E-state index in [2.05, 4.69) is 41.9 Å². The van der Waals surface area contributed by atoms with Gasteiger partial charge in [0.2, 0.25) is 0 Å². The van der Waals surface area contributed by atoms with Crippen molar-refractivity contribution in [3.8, 4) is 5.75 Å². The maximum Gasteiger partial charge on any atom is 0.308 e. The minimum absolute atomic E-state index is 0.243. The van der Waals surface area contributed by atoms with Crippen molar-refractivity contribution in [2.75, 3.05) is 0 Å². The molecule has 150 valence electrons. The Balaban J connectivity index is 2.11. The van der Waals surface area contributed by atoms with Crippen molar-refractivity contribution in [3.05, 3.63) is 67.1 Å². The van der Waals surface area contributed by atoms with Crippen LogP contribution in [0.2, 0.25) is 0 Å². The van der Waals surface area contributed by atoms with E-state index >= 15 is 0 Å². The molecule has 8 heteroatoms. The Morgan fingerprint density at radius 1 is 1.17 bits per heavy atom. The quantitative estimate of drug-likeness (QED) is 0.276. The monoisotopic (exact) mass is 519 g/mol. The highest BCUT2D eigenvalue weighted by Crippen LogP contribution is 2.26. The smallest absolute Gasteiger partial charge is 0.308 e. The number of halogens is 2. The van der Waals surface area contributed by atoms with Crippen molar-refractivity contribution in [1.82, 2.24) is 9.66 Å². The number of benzene rings is 2. The average molecular weight is 521 g/mol. The standard InChI is InChI=1S/C21H19Br2N3O3/c1-12(27)29-18-8-5-13(9-16(18)23)11-24-26-19(28)15-10-14(22)6-7-17(15)25-20(26)21(2,3)4/h5-11H,1-4H3. The summed E-state index contributed by atoms with van der Waals surface area (Å²) in [5.41, 5.74) is 0.724. The first-order chi connectivity index (χ1) is 13.6. The molecule has 0 bridgehead atoms. The van der Waals surface area contributed by atoms with Gasteiger partial charge in [-0.05, 0) is 57.9 Å². The number of aromatic nitrogens is 2. The maximum absolute atomic E-state index is 13.1. The van der Waals surface area contributed by atoms with Crippen molar-refractivity contribution in [1.29, 1.82) is 0 Å². The molecule has 1 heterocycles. The topological polar surface area (TPSA) is 73.5 Å². The third kappa shape index (κ3) is 4.82. The molecule has 0 aliphatic rings. The fourth-order valence-corrected chi connectivity index (χ4v) is 3.54. The molecule has 3 rings (SSSR count). The number of hydrogen-bond donors (Lipinski definition) is 0. The van der Waals surface area contributed by atoms with Gasteiger partial charge in [-0.3, -0.25) is 9.59 Å². The van der Waals surface area contributed by atoms with Crippen LogP contribution in [0, 0.1) is 0 Å². The van der Waals surface area contributed by atoms with E-state index in [-0.39, 0.29) is 5.56 Å². The van der Waals surface area contributed by atoms with E-state index in [0.717, 1.165) is 10.0 Å². The van der Waals surface area contributed by atoms with Crippen LogP contribution < -0.4 is 10.3 Å². The first kappa shape index (κ1) is 21.4. The van der Waals surface area contributed by atoms with Gasteiger partial charge in [0, 0.05) is 16.8 Å². The number of fused-ring (bicyclic) bond motifs is 1. The van der Waals surface area contributed by atoms with E-state index in [1.807, 2.05) is 32.9 Å². The van der Waals surface area contributed by atoms with E-state index in [9.17, 15) is 9.59 Å². The number of esters is 1. The van der Waals surface area contributed by atoms with Gasteiger partial charge >= 0.3 is 5.97 Å². The van der Waals surface area contributed by atoms with E-state index in [1.165, 1.54) is 11.6 Å². The van der Waals surface area contributed by atoms with Gasteiger partial charge in [-0.15, -0.1) is 0 Å². The molecule has 0 atom stereocenters. The summed E-state index contributed by atoms with van der Waals surface area (Å²) in [4.78, 5) is 29.0. The summed E-state index contributed by atoms with van der Waals surface area (Å²) in [6.07, 6.45) is 1.57. The van der Waals surface area contributed by atoms with Gasteiger partial charge in [0.15, 0.2) is 0 Å². The molecular weight excluding hydrogens is 502 g/mol. The normalized spacial score (nSPS) is 11.9. The fourth-order valence-electron chi connectivity index (χ4n) is 2.70. The minimum atomic E-state index is -0.401. The van der Waals surface area contributed by atoms with Gasteiger partial charge < -0.3 is 4.74 Å². The third-order valence-corrected chi connectivity index (χ3v) is 5.12. The molecule has 2 aromatic carbocycles. The average Bonchev–Trinajstić information content (AvgIpc) is 2.62.